The fraction of sp³-hybridized carbons (Fsp3) is 0.848. The second kappa shape index (κ2) is 38.2. The molecule has 55 heavy (non-hydrogen) atoms. The SMILES string of the molecule is CCCCCCCCC/C=C/CC/C=C/CC/C=C/C(O)C(COP(=O)(O)OCC[N+](C)(C)C)NC(=O)CCCCCCCCCCCCCCCCCC. The third kappa shape index (κ3) is 40.7. The number of nitrogens with one attached hydrogen (secondary N) is 1. The van der Waals surface area contributed by atoms with E-state index < -0.39 is 20.0 Å². The van der Waals surface area contributed by atoms with Crippen LogP contribution in [0.5, 0.6) is 0 Å². The lowest BCUT2D eigenvalue weighted by molar-refractivity contribution is -0.870. The van der Waals surface area contributed by atoms with Crippen molar-refractivity contribution in [3.05, 3.63) is 36.5 Å². The van der Waals surface area contributed by atoms with Crippen molar-refractivity contribution < 1.29 is 32.9 Å². The molecule has 0 aliphatic carbocycles. The molecule has 1 amide bonds. The summed E-state index contributed by atoms with van der Waals surface area (Å²) in [6, 6.07) is -0.865. The molecule has 324 valence electrons. The van der Waals surface area contributed by atoms with Crippen LogP contribution in [-0.4, -0.2) is 73.4 Å². The quantitative estimate of drug-likeness (QED) is 0.0246. The number of phosphoric acid groups is 1. The van der Waals surface area contributed by atoms with Gasteiger partial charge in [0.05, 0.1) is 39.9 Å². The maximum Gasteiger partial charge on any atom is 0.472 e. The number of amides is 1. The van der Waals surface area contributed by atoms with Gasteiger partial charge < -0.3 is 19.8 Å². The van der Waals surface area contributed by atoms with E-state index in [9.17, 15) is 19.4 Å². The third-order valence-electron chi connectivity index (χ3n) is 10.1. The van der Waals surface area contributed by atoms with E-state index in [-0.39, 0.29) is 19.1 Å². The Labute approximate surface area is 340 Å². The number of rotatable bonds is 41. The van der Waals surface area contributed by atoms with Crippen LogP contribution in [-0.2, 0) is 18.4 Å². The summed E-state index contributed by atoms with van der Waals surface area (Å²) in [5, 5.41) is 13.8. The zero-order valence-corrected chi connectivity index (χ0v) is 37.6. The smallest absolute Gasteiger partial charge is 0.387 e. The molecule has 0 aromatic heterocycles. The van der Waals surface area contributed by atoms with Crippen molar-refractivity contribution >= 4 is 13.7 Å². The number of allylic oxidation sites excluding steroid dienone is 5. The predicted molar refractivity (Wildman–Crippen MR) is 235 cm³/mol. The number of unbranched alkanes of at least 4 members (excludes halogenated alkanes) is 24. The average molecular weight is 798 g/mol. The zero-order chi connectivity index (χ0) is 40.7. The molecule has 0 radical (unpaired) electrons. The number of nitrogens with zero attached hydrogens (tertiary/aromatic N) is 1. The number of hydrogen-bond acceptors (Lipinski definition) is 5. The van der Waals surface area contributed by atoms with E-state index in [4.69, 9.17) is 9.05 Å². The highest BCUT2D eigenvalue weighted by Gasteiger charge is 2.27. The van der Waals surface area contributed by atoms with Gasteiger partial charge in [-0.1, -0.05) is 185 Å². The first-order chi connectivity index (χ1) is 26.5. The van der Waals surface area contributed by atoms with Crippen LogP contribution in [0.2, 0.25) is 0 Å². The van der Waals surface area contributed by atoms with Gasteiger partial charge in [-0.2, -0.15) is 0 Å². The highest BCUT2D eigenvalue weighted by atomic mass is 31.2. The molecule has 0 fully saturated rings. The van der Waals surface area contributed by atoms with Crippen LogP contribution >= 0.6 is 7.82 Å². The number of likely N-dealkylation sites (N-methyl/N-ethyl adjacent to an activating group) is 1. The first kappa shape index (κ1) is 53.7. The Bertz CT molecular complexity index is 995. The van der Waals surface area contributed by atoms with Crippen molar-refractivity contribution in [3.63, 3.8) is 0 Å². The first-order valence-corrected chi connectivity index (χ1v) is 24.4. The maximum absolute atomic E-state index is 12.9. The van der Waals surface area contributed by atoms with Crippen molar-refractivity contribution in [1.82, 2.24) is 5.32 Å². The van der Waals surface area contributed by atoms with Crippen molar-refractivity contribution in [3.8, 4) is 0 Å². The molecular weight excluding hydrogens is 707 g/mol. The number of hydrogen-bond donors (Lipinski definition) is 3. The van der Waals surface area contributed by atoms with Crippen LogP contribution < -0.4 is 5.32 Å². The number of phosphoric ester groups is 1. The molecule has 3 N–H and O–H groups in total. The van der Waals surface area contributed by atoms with E-state index in [1.165, 1.54) is 135 Å². The summed E-state index contributed by atoms with van der Waals surface area (Å²) in [7, 11) is 1.55. The Morgan fingerprint density at radius 1 is 0.600 bits per heavy atom. The molecule has 0 saturated heterocycles. The van der Waals surface area contributed by atoms with Gasteiger partial charge in [0.15, 0.2) is 0 Å². The summed E-state index contributed by atoms with van der Waals surface area (Å²) in [4.78, 5) is 23.1. The topological polar surface area (TPSA) is 105 Å². The highest BCUT2D eigenvalue weighted by molar-refractivity contribution is 7.47. The molecule has 0 aliphatic heterocycles. The van der Waals surface area contributed by atoms with E-state index in [1.807, 2.05) is 27.2 Å². The molecular formula is C46H90N2O6P+. The molecule has 0 heterocycles. The van der Waals surface area contributed by atoms with Crippen molar-refractivity contribution in [2.24, 2.45) is 0 Å². The maximum atomic E-state index is 12.9. The molecule has 0 spiro atoms. The van der Waals surface area contributed by atoms with Crippen molar-refractivity contribution in [2.75, 3.05) is 40.9 Å². The molecule has 3 unspecified atom stereocenters. The minimum atomic E-state index is -4.35. The van der Waals surface area contributed by atoms with Crippen LogP contribution in [0.15, 0.2) is 36.5 Å². The van der Waals surface area contributed by atoms with Gasteiger partial charge in [-0.25, -0.2) is 4.57 Å². The van der Waals surface area contributed by atoms with Gasteiger partial charge in [-0.15, -0.1) is 0 Å². The van der Waals surface area contributed by atoms with Gasteiger partial charge in [0, 0.05) is 6.42 Å². The fourth-order valence-corrected chi connectivity index (χ4v) is 7.16. The van der Waals surface area contributed by atoms with Crippen LogP contribution in [0.3, 0.4) is 0 Å². The van der Waals surface area contributed by atoms with Gasteiger partial charge in [0.25, 0.3) is 0 Å². The monoisotopic (exact) mass is 798 g/mol. The van der Waals surface area contributed by atoms with Crippen LogP contribution in [0.1, 0.15) is 200 Å². The number of quaternary nitrogens is 1. The molecule has 0 aromatic rings. The molecule has 0 saturated carbocycles. The van der Waals surface area contributed by atoms with E-state index >= 15 is 0 Å². The van der Waals surface area contributed by atoms with E-state index in [1.54, 1.807) is 6.08 Å². The Hall–Kier alpha value is -1.28. The summed E-state index contributed by atoms with van der Waals surface area (Å²) in [5.74, 6) is -0.190. The van der Waals surface area contributed by atoms with E-state index in [0.717, 1.165) is 44.9 Å². The first-order valence-electron chi connectivity index (χ1n) is 22.9. The third-order valence-corrected chi connectivity index (χ3v) is 11.1. The van der Waals surface area contributed by atoms with Crippen LogP contribution in [0.25, 0.3) is 0 Å². The normalized spacial score (nSPS) is 14.7. The molecule has 0 aromatic carbocycles. The van der Waals surface area contributed by atoms with Crippen LogP contribution in [0.4, 0.5) is 0 Å². The van der Waals surface area contributed by atoms with Gasteiger partial charge >= 0.3 is 7.82 Å². The lowest BCUT2D eigenvalue weighted by atomic mass is 10.0. The largest absolute Gasteiger partial charge is 0.472 e. The van der Waals surface area contributed by atoms with E-state index in [2.05, 4.69) is 43.5 Å². The number of carbonyl (C=O) groups is 1. The van der Waals surface area contributed by atoms with Crippen molar-refractivity contribution in [2.45, 2.75) is 212 Å². The average Bonchev–Trinajstić information content (AvgIpc) is 3.13. The summed E-state index contributed by atoms with van der Waals surface area (Å²) in [6.07, 6.45) is 46.4. The second-order valence-electron chi connectivity index (χ2n) is 16.8. The Morgan fingerprint density at radius 3 is 1.45 bits per heavy atom. The Kier molecular flexibility index (Phi) is 37.4. The predicted octanol–water partition coefficient (Wildman–Crippen LogP) is 12.7. The second-order valence-corrected chi connectivity index (χ2v) is 18.2. The summed E-state index contributed by atoms with van der Waals surface area (Å²) in [5.41, 5.74) is 0. The minimum absolute atomic E-state index is 0.0546. The van der Waals surface area contributed by atoms with E-state index in [0.29, 0.717) is 17.4 Å². The van der Waals surface area contributed by atoms with Gasteiger partial charge in [-0.05, 0) is 44.9 Å². The Morgan fingerprint density at radius 2 is 1.00 bits per heavy atom. The summed E-state index contributed by atoms with van der Waals surface area (Å²) >= 11 is 0. The molecule has 8 nitrogen and oxygen atoms in total. The molecule has 0 rings (SSSR count). The Balaban J connectivity index is 4.48. The summed E-state index contributed by atoms with van der Waals surface area (Å²) < 4.78 is 23.5. The lowest BCUT2D eigenvalue weighted by Crippen LogP contribution is -2.45. The van der Waals surface area contributed by atoms with Gasteiger partial charge in [-0.3, -0.25) is 13.8 Å². The molecule has 9 heteroatoms. The molecule has 0 bridgehead atoms. The minimum Gasteiger partial charge on any atom is -0.387 e. The molecule has 3 atom stereocenters. The molecule has 0 aliphatic rings. The number of aliphatic hydroxyl groups is 1. The van der Waals surface area contributed by atoms with Crippen molar-refractivity contribution in [1.29, 1.82) is 0 Å². The number of carbonyl (C=O) groups excluding carboxylic acids is 1. The standard InChI is InChI=1S/C46H89N2O6P/c1-6-8-10-12-14-16-18-20-22-24-25-27-29-31-33-35-37-39-45(49)44(43-54-55(51,52)53-42-41-48(3,4)5)47-46(50)40-38-36-34-32-30-28-26-23-21-19-17-15-13-11-9-7-2/h22,24,29,31,37,39,44-45,49H,6-21,23,25-28,30,32-36,38,40-43H2,1-5H3,(H-,47,50,51,52)/p+1/b24-22+,31-29+,39-37+. The van der Waals surface area contributed by atoms with Gasteiger partial charge in [0.2, 0.25) is 5.91 Å². The highest BCUT2D eigenvalue weighted by Crippen LogP contribution is 2.43. The fourth-order valence-electron chi connectivity index (χ4n) is 6.43. The number of aliphatic hydroxyl groups excluding tert-OH is 1. The zero-order valence-electron chi connectivity index (χ0n) is 36.7. The lowest BCUT2D eigenvalue weighted by Gasteiger charge is -2.25. The van der Waals surface area contributed by atoms with Crippen LogP contribution in [0, 0.1) is 0 Å². The van der Waals surface area contributed by atoms with Gasteiger partial charge in [0.1, 0.15) is 13.2 Å². The summed E-state index contributed by atoms with van der Waals surface area (Å²) in [6.45, 7) is 4.78.